The molecule has 0 bridgehead atoms. The first kappa shape index (κ1) is 10.0. The van der Waals surface area contributed by atoms with E-state index in [1.54, 1.807) is 11.8 Å². The van der Waals surface area contributed by atoms with Crippen LogP contribution >= 0.6 is 11.8 Å². The van der Waals surface area contributed by atoms with Gasteiger partial charge in [0.15, 0.2) is 5.82 Å². The molecule has 1 aromatic carbocycles. The zero-order valence-corrected chi connectivity index (χ0v) is 9.12. The molecular weight excluding hydrogens is 210 g/mol. The number of nitrogens with zero attached hydrogens (tertiary/aromatic N) is 2. The number of anilines is 1. The van der Waals surface area contributed by atoms with E-state index in [4.69, 9.17) is 5.73 Å². The second-order valence-corrected chi connectivity index (χ2v) is 4.20. The quantitative estimate of drug-likeness (QED) is 0.636. The summed E-state index contributed by atoms with van der Waals surface area (Å²) in [7, 11) is 0. The lowest BCUT2D eigenvalue weighted by atomic mass is 10.2. The molecule has 0 aliphatic heterocycles. The number of hydrogen-bond donors (Lipinski definition) is 1. The van der Waals surface area contributed by atoms with E-state index in [1.165, 1.54) is 6.39 Å². The maximum absolute atomic E-state index is 5.73. The SMILES string of the molecule is Cc1cc(SCc2ncon2)ccc1N. The van der Waals surface area contributed by atoms with Crippen molar-refractivity contribution in [1.29, 1.82) is 0 Å². The van der Waals surface area contributed by atoms with Crippen molar-refractivity contribution < 1.29 is 4.52 Å². The minimum Gasteiger partial charge on any atom is -0.399 e. The first-order valence-corrected chi connectivity index (χ1v) is 5.48. The first-order valence-electron chi connectivity index (χ1n) is 4.50. The third kappa shape index (κ3) is 2.50. The molecule has 0 saturated heterocycles. The van der Waals surface area contributed by atoms with Gasteiger partial charge in [-0.05, 0) is 30.7 Å². The van der Waals surface area contributed by atoms with Crippen molar-refractivity contribution in [1.82, 2.24) is 10.1 Å². The van der Waals surface area contributed by atoms with Crippen LogP contribution in [0.1, 0.15) is 11.4 Å². The summed E-state index contributed by atoms with van der Waals surface area (Å²) in [5.74, 6) is 1.41. The Kier molecular flexibility index (Phi) is 2.91. The van der Waals surface area contributed by atoms with E-state index in [2.05, 4.69) is 20.7 Å². The molecule has 2 N–H and O–H groups in total. The lowest BCUT2D eigenvalue weighted by molar-refractivity contribution is 0.412. The van der Waals surface area contributed by atoms with E-state index < -0.39 is 0 Å². The smallest absolute Gasteiger partial charge is 0.213 e. The van der Waals surface area contributed by atoms with E-state index >= 15 is 0 Å². The lowest BCUT2D eigenvalue weighted by Crippen LogP contribution is -1.89. The average Bonchev–Trinajstić information content (AvgIpc) is 2.73. The number of rotatable bonds is 3. The molecule has 15 heavy (non-hydrogen) atoms. The van der Waals surface area contributed by atoms with Crippen LogP contribution in [0.25, 0.3) is 0 Å². The van der Waals surface area contributed by atoms with Gasteiger partial charge in [-0.15, -0.1) is 11.8 Å². The van der Waals surface area contributed by atoms with E-state index in [0.717, 1.165) is 16.1 Å². The number of aryl methyl sites for hydroxylation is 1. The summed E-state index contributed by atoms with van der Waals surface area (Å²) < 4.78 is 4.65. The number of aromatic nitrogens is 2. The summed E-state index contributed by atoms with van der Waals surface area (Å²) in [5.41, 5.74) is 7.64. The highest BCUT2D eigenvalue weighted by Crippen LogP contribution is 2.24. The van der Waals surface area contributed by atoms with Crippen LogP contribution in [0.3, 0.4) is 0 Å². The van der Waals surface area contributed by atoms with Gasteiger partial charge in [-0.2, -0.15) is 4.98 Å². The van der Waals surface area contributed by atoms with Crippen molar-refractivity contribution in [2.24, 2.45) is 0 Å². The second kappa shape index (κ2) is 4.35. The zero-order chi connectivity index (χ0) is 10.7. The van der Waals surface area contributed by atoms with E-state index in [-0.39, 0.29) is 0 Å². The van der Waals surface area contributed by atoms with Crippen molar-refractivity contribution in [2.75, 3.05) is 5.73 Å². The maximum atomic E-state index is 5.73. The molecular formula is C10H11N3OS. The van der Waals surface area contributed by atoms with Gasteiger partial charge in [0.2, 0.25) is 6.39 Å². The van der Waals surface area contributed by atoms with Crippen molar-refractivity contribution >= 4 is 17.4 Å². The van der Waals surface area contributed by atoms with Crippen LogP contribution in [0, 0.1) is 6.92 Å². The minimum atomic E-state index is 0.703. The Labute approximate surface area is 91.9 Å². The summed E-state index contributed by atoms with van der Waals surface area (Å²) >= 11 is 1.66. The molecule has 0 saturated carbocycles. The van der Waals surface area contributed by atoms with Gasteiger partial charge in [-0.3, -0.25) is 0 Å². The Morgan fingerprint density at radius 2 is 2.33 bits per heavy atom. The fourth-order valence-corrected chi connectivity index (χ4v) is 1.99. The fourth-order valence-electron chi connectivity index (χ4n) is 1.14. The van der Waals surface area contributed by atoms with Crippen LogP contribution in [-0.4, -0.2) is 10.1 Å². The number of thioether (sulfide) groups is 1. The molecule has 0 radical (unpaired) electrons. The Hall–Kier alpha value is -1.49. The Bertz CT molecular complexity index is 442. The average molecular weight is 221 g/mol. The Morgan fingerprint density at radius 1 is 1.47 bits per heavy atom. The number of benzene rings is 1. The van der Waals surface area contributed by atoms with Crippen LogP contribution in [-0.2, 0) is 5.75 Å². The molecule has 0 unspecified atom stereocenters. The van der Waals surface area contributed by atoms with Gasteiger partial charge in [-0.1, -0.05) is 5.16 Å². The largest absolute Gasteiger partial charge is 0.399 e. The van der Waals surface area contributed by atoms with Crippen LogP contribution in [0.5, 0.6) is 0 Å². The number of hydrogen-bond acceptors (Lipinski definition) is 5. The summed E-state index contributed by atoms with van der Waals surface area (Å²) in [4.78, 5) is 5.11. The lowest BCUT2D eigenvalue weighted by Gasteiger charge is -2.02. The molecule has 5 heteroatoms. The summed E-state index contributed by atoms with van der Waals surface area (Å²) in [6, 6.07) is 5.96. The third-order valence-corrected chi connectivity index (χ3v) is 3.01. The second-order valence-electron chi connectivity index (χ2n) is 3.15. The molecule has 0 fully saturated rings. The van der Waals surface area contributed by atoms with Crippen molar-refractivity contribution in [3.63, 3.8) is 0 Å². The molecule has 2 aromatic rings. The van der Waals surface area contributed by atoms with Gasteiger partial charge < -0.3 is 10.3 Å². The topological polar surface area (TPSA) is 64.9 Å². The zero-order valence-electron chi connectivity index (χ0n) is 8.30. The molecule has 2 rings (SSSR count). The summed E-state index contributed by atoms with van der Waals surface area (Å²) in [6.45, 7) is 1.99. The molecule has 78 valence electrons. The van der Waals surface area contributed by atoms with Crippen LogP contribution in [0.15, 0.2) is 34.0 Å². The Balaban J connectivity index is 2.02. The van der Waals surface area contributed by atoms with Crippen molar-refractivity contribution in [2.45, 2.75) is 17.6 Å². The van der Waals surface area contributed by atoms with E-state index in [0.29, 0.717) is 11.6 Å². The van der Waals surface area contributed by atoms with Gasteiger partial charge >= 0.3 is 0 Å². The van der Waals surface area contributed by atoms with Crippen LogP contribution in [0.4, 0.5) is 5.69 Å². The standard InChI is InChI=1S/C10H11N3OS/c1-7-4-8(2-3-9(7)11)15-5-10-12-6-14-13-10/h2-4,6H,5,11H2,1H3. The molecule has 0 atom stereocenters. The predicted molar refractivity (Wildman–Crippen MR) is 59.5 cm³/mol. The van der Waals surface area contributed by atoms with Crippen LogP contribution < -0.4 is 5.73 Å². The van der Waals surface area contributed by atoms with Crippen LogP contribution in [0.2, 0.25) is 0 Å². The molecule has 0 aliphatic rings. The molecule has 0 amide bonds. The molecule has 0 spiro atoms. The third-order valence-electron chi connectivity index (χ3n) is 2.02. The number of nitrogens with two attached hydrogens (primary N) is 1. The normalized spacial score (nSPS) is 10.5. The number of nitrogen functional groups attached to an aromatic ring is 1. The van der Waals surface area contributed by atoms with Gasteiger partial charge in [-0.25, -0.2) is 0 Å². The molecule has 1 heterocycles. The van der Waals surface area contributed by atoms with Gasteiger partial charge in [0, 0.05) is 10.6 Å². The highest BCUT2D eigenvalue weighted by molar-refractivity contribution is 7.98. The van der Waals surface area contributed by atoms with Crippen molar-refractivity contribution in [3.05, 3.63) is 36.0 Å². The van der Waals surface area contributed by atoms with E-state index in [9.17, 15) is 0 Å². The highest BCUT2D eigenvalue weighted by atomic mass is 32.2. The van der Waals surface area contributed by atoms with Gasteiger partial charge in [0.1, 0.15) is 0 Å². The molecule has 1 aromatic heterocycles. The highest BCUT2D eigenvalue weighted by Gasteiger charge is 2.01. The van der Waals surface area contributed by atoms with Gasteiger partial charge in [0.05, 0.1) is 5.75 Å². The Morgan fingerprint density at radius 3 is 3.00 bits per heavy atom. The maximum Gasteiger partial charge on any atom is 0.213 e. The fraction of sp³-hybridized carbons (Fsp3) is 0.200. The van der Waals surface area contributed by atoms with Crippen molar-refractivity contribution in [3.8, 4) is 0 Å². The molecule has 0 aliphatic carbocycles. The predicted octanol–water partition coefficient (Wildman–Crippen LogP) is 2.25. The minimum absolute atomic E-state index is 0.703. The van der Waals surface area contributed by atoms with Gasteiger partial charge in [0.25, 0.3) is 0 Å². The van der Waals surface area contributed by atoms with E-state index in [1.807, 2.05) is 19.1 Å². The summed E-state index contributed by atoms with van der Waals surface area (Å²) in [6.07, 6.45) is 1.34. The monoisotopic (exact) mass is 221 g/mol. The summed E-state index contributed by atoms with van der Waals surface area (Å²) in [5, 5.41) is 3.74. The molecule has 4 nitrogen and oxygen atoms in total. The first-order chi connectivity index (χ1) is 7.25.